The summed E-state index contributed by atoms with van der Waals surface area (Å²) in [5, 5.41) is 34.4. The molecular formula is C15H34O4. The van der Waals surface area contributed by atoms with Crippen LogP contribution in [0.1, 0.15) is 58.8 Å². The molecule has 4 nitrogen and oxygen atoms in total. The second-order valence-electron chi connectivity index (χ2n) is 5.01. The fourth-order valence-corrected chi connectivity index (χ4v) is 1.79. The first-order chi connectivity index (χ1) is 9.19. The van der Waals surface area contributed by atoms with Crippen LogP contribution in [0.4, 0.5) is 0 Å². The molecule has 0 amide bonds. The Bertz CT molecular complexity index is 129. The summed E-state index contributed by atoms with van der Waals surface area (Å²) in [4.78, 5) is 0. The van der Waals surface area contributed by atoms with E-state index in [1.807, 2.05) is 0 Å². The first-order valence-electron chi connectivity index (χ1n) is 7.63. The molecule has 4 heteroatoms. The molecule has 0 radical (unpaired) electrons. The van der Waals surface area contributed by atoms with E-state index in [0.29, 0.717) is 11.8 Å². The van der Waals surface area contributed by atoms with Crippen molar-refractivity contribution in [3.63, 3.8) is 0 Å². The SMILES string of the molecule is CCC(CO)CC(CC)CO.OCCCCCCO. The Morgan fingerprint density at radius 2 is 1.00 bits per heavy atom. The van der Waals surface area contributed by atoms with Gasteiger partial charge in [0.2, 0.25) is 0 Å². The number of rotatable bonds is 11. The molecule has 0 saturated carbocycles. The molecule has 0 aromatic carbocycles. The van der Waals surface area contributed by atoms with Gasteiger partial charge in [-0.15, -0.1) is 0 Å². The molecule has 2 unspecified atom stereocenters. The average molecular weight is 278 g/mol. The van der Waals surface area contributed by atoms with Gasteiger partial charge >= 0.3 is 0 Å². The Kier molecular flexibility index (Phi) is 19.9. The van der Waals surface area contributed by atoms with Crippen molar-refractivity contribution in [2.45, 2.75) is 58.8 Å². The third-order valence-electron chi connectivity index (χ3n) is 3.40. The fraction of sp³-hybridized carbons (Fsp3) is 1.00. The molecule has 0 aliphatic rings. The highest BCUT2D eigenvalue weighted by molar-refractivity contribution is 4.62. The molecule has 0 aliphatic carbocycles. The first kappa shape index (κ1) is 21.1. The Morgan fingerprint density at radius 1 is 0.632 bits per heavy atom. The molecular weight excluding hydrogens is 244 g/mol. The smallest absolute Gasteiger partial charge is 0.0459 e. The minimum absolute atomic E-state index is 0.257. The molecule has 0 fully saturated rings. The van der Waals surface area contributed by atoms with Crippen LogP contribution < -0.4 is 0 Å². The van der Waals surface area contributed by atoms with Gasteiger partial charge in [0.05, 0.1) is 0 Å². The zero-order valence-corrected chi connectivity index (χ0v) is 12.7. The summed E-state index contributed by atoms with van der Waals surface area (Å²) in [7, 11) is 0. The summed E-state index contributed by atoms with van der Waals surface area (Å²) in [6.07, 6.45) is 6.80. The van der Waals surface area contributed by atoms with Gasteiger partial charge in [-0.3, -0.25) is 0 Å². The zero-order valence-electron chi connectivity index (χ0n) is 12.7. The molecule has 118 valence electrons. The minimum Gasteiger partial charge on any atom is -0.396 e. The van der Waals surface area contributed by atoms with Gasteiger partial charge in [0.15, 0.2) is 0 Å². The lowest BCUT2D eigenvalue weighted by Crippen LogP contribution is -2.14. The predicted octanol–water partition coefficient (Wildman–Crippen LogP) is 1.94. The van der Waals surface area contributed by atoms with E-state index >= 15 is 0 Å². The van der Waals surface area contributed by atoms with Gasteiger partial charge in [0, 0.05) is 26.4 Å². The maximum absolute atomic E-state index is 8.88. The minimum atomic E-state index is 0.257. The third kappa shape index (κ3) is 15.8. The number of hydrogen-bond acceptors (Lipinski definition) is 4. The van der Waals surface area contributed by atoms with Crippen molar-refractivity contribution >= 4 is 0 Å². The predicted molar refractivity (Wildman–Crippen MR) is 79.0 cm³/mol. The second-order valence-corrected chi connectivity index (χ2v) is 5.01. The number of unbranched alkanes of at least 4 members (excludes halogenated alkanes) is 3. The van der Waals surface area contributed by atoms with Crippen LogP contribution in [-0.2, 0) is 0 Å². The average Bonchev–Trinajstić information content (AvgIpc) is 2.46. The molecule has 0 heterocycles. The van der Waals surface area contributed by atoms with E-state index in [9.17, 15) is 0 Å². The topological polar surface area (TPSA) is 80.9 Å². The van der Waals surface area contributed by atoms with Crippen molar-refractivity contribution in [3.8, 4) is 0 Å². The van der Waals surface area contributed by atoms with Crippen LogP contribution in [0.2, 0.25) is 0 Å². The van der Waals surface area contributed by atoms with Gasteiger partial charge in [-0.2, -0.15) is 0 Å². The van der Waals surface area contributed by atoms with E-state index in [-0.39, 0.29) is 26.4 Å². The summed E-state index contributed by atoms with van der Waals surface area (Å²) < 4.78 is 0. The third-order valence-corrected chi connectivity index (χ3v) is 3.40. The van der Waals surface area contributed by atoms with E-state index in [1.165, 1.54) is 0 Å². The number of aliphatic hydroxyl groups excluding tert-OH is 4. The largest absolute Gasteiger partial charge is 0.396 e. The molecule has 0 saturated heterocycles. The standard InChI is InChI=1S/C9H20O2.C6H14O2/c1-3-8(6-10)5-9(4-2)7-11;7-5-3-1-2-4-6-8/h8-11H,3-7H2,1-2H3;7-8H,1-6H2. The van der Waals surface area contributed by atoms with Gasteiger partial charge in [-0.25, -0.2) is 0 Å². The Balaban J connectivity index is 0. The van der Waals surface area contributed by atoms with Crippen molar-refractivity contribution in [3.05, 3.63) is 0 Å². The highest BCUT2D eigenvalue weighted by atomic mass is 16.3. The molecule has 4 N–H and O–H groups in total. The van der Waals surface area contributed by atoms with Crippen molar-refractivity contribution in [2.24, 2.45) is 11.8 Å². The normalized spacial score (nSPS) is 13.6. The summed E-state index contributed by atoms with van der Waals surface area (Å²) in [6, 6.07) is 0. The lowest BCUT2D eigenvalue weighted by Gasteiger charge is -2.17. The Hall–Kier alpha value is -0.160. The lowest BCUT2D eigenvalue weighted by molar-refractivity contribution is 0.156. The molecule has 0 spiro atoms. The van der Waals surface area contributed by atoms with E-state index < -0.39 is 0 Å². The molecule has 2 atom stereocenters. The van der Waals surface area contributed by atoms with Crippen LogP contribution >= 0.6 is 0 Å². The number of aliphatic hydroxyl groups is 4. The van der Waals surface area contributed by atoms with Crippen molar-refractivity contribution < 1.29 is 20.4 Å². The van der Waals surface area contributed by atoms with E-state index in [4.69, 9.17) is 20.4 Å². The molecule has 0 aromatic heterocycles. The fourth-order valence-electron chi connectivity index (χ4n) is 1.79. The van der Waals surface area contributed by atoms with Crippen LogP contribution in [0.3, 0.4) is 0 Å². The first-order valence-corrected chi connectivity index (χ1v) is 7.63. The maximum Gasteiger partial charge on any atom is 0.0459 e. The second kappa shape index (κ2) is 17.8. The van der Waals surface area contributed by atoms with Crippen LogP contribution in [0.15, 0.2) is 0 Å². The zero-order chi connectivity index (χ0) is 14.9. The van der Waals surface area contributed by atoms with Gasteiger partial charge in [0.25, 0.3) is 0 Å². The molecule has 19 heavy (non-hydrogen) atoms. The van der Waals surface area contributed by atoms with Crippen molar-refractivity contribution in [2.75, 3.05) is 26.4 Å². The van der Waals surface area contributed by atoms with Gasteiger partial charge in [0.1, 0.15) is 0 Å². The van der Waals surface area contributed by atoms with Crippen molar-refractivity contribution in [1.29, 1.82) is 0 Å². The highest BCUT2D eigenvalue weighted by Gasteiger charge is 2.11. The summed E-state index contributed by atoms with van der Waals surface area (Å²) in [5.41, 5.74) is 0. The van der Waals surface area contributed by atoms with E-state index in [1.54, 1.807) is 0 Å². The van der Waals surface area contributed by atoms with Crippen LogP contribution in [-0.4, -0.2) is 46.9 Å². The van der Waals surface area contributed by atoms with Crippen LogP contribution in [0, 0.1) is 11.8 Å². The summed E-state index contributed by atoms with van der Waals surface area (Å²) >= 11 is 0. The monoisotopic (exact) mass is 278 g/mol. The maximum atomic E-state index is 8.88. The highest BCUT2D eigenvalue weighted by Crippen LogP contribution is 2.17. The molecule has 0 aliphatic heterocycles. The van der Waals surface area contributed by atoms with E-state index in [2.05, 4.69) is 13.8 Å². The van der Waals surface area contributed by atoms with Crippen LogP contribution in [0.25, 0.3) is 0 Å². The Labute approximate surface area is 118 Å². The lowest BCUT2D eigenvalue weighted by atomic mass is 9.92. The summed E-state index contributed by atoms with van der Waals surface area (Å²) in [5.74, 6) is 0.763. The Morgan fingerprint density at radius 3 is 1.21 bits per heavy atom. The molecule has 0 aromatic rings. The van der Waals surface area contributed by atoms with Gasteiger partial charge < -0.3 is 20.4 Å². The molecule has 0 bridgehead atoms. The van der Waals surface area contributed by atoms with Crippen molar-refractivity contribution in [1.82, 2.24) is 0 Å². The van der Waals surface area contributed by atoms with Crippen LogP contribution in [0.5, 0.6) is 0 Å². The quantitative estimate of drug-likeness (QED) is 0.435. The summed E-state index contributed by atoms with van der Waals surface area (Å²) in [6.45, 7) is 5.23. The van der Waals surface area contributed by atoms with E-state index in [0.717, 1.165) is 44.9 Å². The van der Waals surface area contributed by atoms with Gasteiger partial charge in [-0.1, -0.05) is 39.5 Å². The molecule has 0 rings (SSSR count). The number of hydrogen-bond donors (Lipinski definition) is 4. The van der Waals surface area contributed by atoms with Gasteiger partial charge in [-0.05, 0) is 31.1 Å².